The van der Waals surface area contributed by atoms with Crippen molar-refractivity contribution in [3.8, 4) is 29.4 Å². The van der Waals surface area contributed by atoms with Gasteiger partial charge in [0.2, 0.25) is 0 Å². The first-order valence-corrected chi connectivity index (χ1v) is 7.52. The Kier molecular flexibility index (Phi) is 4.16. The largest absolute Gasteiger partial charge is 0.504 e. The number of nitriles is 2. The Hall–Kier alpha value is -3.70. The van der Waals surface area contributed by atoms with Crippen LogP contribution in [0.2, 0.25) is 0 Å². The van der Waals surface area contributed by atoms with Gasteiger partial charge >= 0.3 is 0 Å². The zero-order valence-corrected chi connectivity index (χ0v) is 13.4. The number of phenols is 2. The molecule has 0 aromatic heterocycles. The van der Waals surface area contributed by atoms with Gasteiger partial charge in [-0.25, -0.2) is 0 Å². The van der Waals surface area contributed by atoms with E-state index in [1.165, 1.54) is 6.07 Å². The molecule has 0 saturated heterocycles. The van der Waals surface area contributed by atoms with E-state index in [9.17, 15) is 20.7 Å². The van der Waals surface area contributed by atoms with Gasteiger partial charge in [0.25, 0.3) is 0 Å². The second-order valence-electron chi connectivity index (χ2n) is 5.59. The number of aromatic hydroxyl groups is 2. The first-order valence-electron chi connectivity index (χ1n) is 7.52. The fraction of sp³-hybridized carbons (Fsp3) is 0.100. The average molecular weight is 330 g/mol. The lowest BCUT2D eigenvalue weighted by atomic mass is 9.93. The molecular weight excluding hydrogens is 316 g/mol. The zero-order valence-electron chi connectivity index (χ0n) is 13.4. The van der Waals surface area contributed by atoms with Crippen molar-refractivity contribution in [2.24, 2.45) is 0 Å². The van der Waals surface area contributed by atoms with E-state index in [2.05, 4.69) is 0 Å². The van der Waals surface area contributed by atoms with Crippen molar-refractivity contribution < 1.29 is 14.9 Å². The minimum atomic E-state index is -0.498. The van der Waals surface area contributed by atoms with Crippen molar-refractivity contribution in [2.45, 2.75) is 6.42 Å². The van der Waals surface area contributed by atoms with Crippen LogP contribution in [-0.2, 0) is 6.42 Å². The van der Waals surface area contributed by atoms with Crippen molar-refractivity contribution in [3.05, 3.63) is 64.7 Å². The van der Waals surface area contributed by atoms with Crippen LogP contribution < -0.4 is 4.74 Å². The molecule has 0 aliphatic carbocycles. The molecule has 0 saturated carbocycles. The number of hydrogen-bond acceptors (Lipinski definition) is 5. The molecule has 0 atom stereocenters. The first-order chi connectivity index (χ1) is 12.1. The number of rotatable bonds is 3. The summed E-state index contributed by atoms with van der Waals surface area (Å²) in [6, 6.07) is 16.5. The maximum atomic E-state index is 9.91. The van der Waals surface area contributed by atoms with E-state index in [1.54, 1.807) is 7.11 Å². The van der Waals surface area contributed by atoms with Gasteiger partial charge in [-0.2, -0.15) is 10.5 Å². The summed E-state index contributed by atoms with van der Waals surface area (Å²) in [5, 5.41) is 40.2. The van der Waals surface area contributed by atoms with Crippen molar-refractivity contribution >= 4 is 10.8 Å². The predicted molar refractivity (Wildman–Crippen MR) is 92.5 cm³/mol. The molecule has 25 heavy (non-hydrogen) atoms. The fourth-order valence-corrected chi connectivity index (χ4v) is 2.82. The van der Waals surface area contributed by atoms with Gasteiger partial charge in [0.15, 0.2) is 11.5 Å². The molecule has 122 valence electrons. The van der Waals surface area contributed by atoms with E-state index < -0.39 is 11.5 Å². The smallest absolute Gasteiger partial charge is 0.175 e. The van der Waals surface area contributed by atoms with Gasteiger partial charge in [-0.05, 0) is 34.0 Å². The molecule has 0 spiro atoms. The van der Waals surface area contributed by atoms with E-state index in [-0.39, 0.29) is 11.1 Å². The quantitative estimate of drug-likeness (QED) is 0.715. The summed E-state index contributed by atoms with van der Waals surface area (Å²) >= 11 is 0. The van der Waals surface area contributed by atoms with Gasteiger partial charge in [-0.15, -0.1) is 0 Å². The lowest BCUT2D eigenvalue weighted by molar-refractivity contribution is 0.402. The van der Waals surface area contributed by atoms with Crippen LogP contribution in [0.1, 0.15) is 22.3 Å². The Morgan fingerprint density at radius 1 is 0.960 bits per heavy atom. The molecule has 0 aliphatic rings. The highest BCUT2D eigenvalue weighted by atomic mass is 16.5. The Balaban J connectivity index is 2.09. The summed E-state index contributed by atoms with van der Waals surface area (Å²) in [7, 11) is 1.61. The molecule has 5 heteroatoms. The molecule has 0 heterocycles. The second kappa shape index (κ2) is 6.43. The van der Waals surface area contributed by atoms with Crippen LogP contribution in [-0.4, -0.2) is 17.3 Å². The van der Waals surface area contributed by atoms with Crippen LogP contribution in [0, 0.1) is 22.7 Å². The third kappa shape index (κ3) is 2.91. The average Bonchev–Trinajstić information content (AvgIpc) is 2.64. The Morgan fingerprint density at radius 3 is 2.36 bits per heavy atom. The van der Waals surface area contributed by atoms with E-state index in [4.69, 9.17) is 4.74 Å². The van der Waals surface area contributed by atoms with E-state index >= 15 is 0 Å². The molecule has 0 unspecified atom stereocenters. The monoisotopic (exact) mass is 330 g/mol. The summed E-state index contributed by atoms with van der Waals surface area (Å²) in [5.74, 6) is -0.202. The molecular formula is C20H14N2O3. The second-order valence-corrected chi connectivity index (χ2v) is 5.59. The number of ether oxygens (including phenoxy) is 1. The zero-order chi connectivity index (χ0) is 18.0. The van der Waals surface area contributed by atoms with Gasteiger partial charge < -0.3 is 14.9 Å². The number of benzene rings is 3. The molecule has 0 aliphatic heterocycles. The Morgan fingerprint density at radius 2 is 1.68 bits per heavy atom. The highest BCUT2D eigenvalue weighted by molar-refractivity contribution is 5.84. The molecule has 0 amide bonds. The molecule has 0 radical (unpaired) electrons. The summed E-state index contributed by atoms with van der Waals surface area (Å²) < 4.78 is 5.21. The van der Waals surface area contributed by atoms with Crippen molar-refractivity contribution in [2.75, 3.05) is 7.11 Å². The molecule has 0 bridgehead atoms. The standard InChI is InChI=1S/C20H14N2O3/c1-25-16-5-4-13-6-12(2-3-14(13)8-16)7-17-15(10-21)9-19(23)20(24)18(17)11-22/h2-6,8-9,23-24H,7H2,1H3. The summed E-state index contributed by atoms with van der Waals surface area (Å²) in [5.41, 5.74) is 1.37. The van der Waals surface area contributed by atoms with E-state index in [0.29, 0.717) is 12.0 Å². The van der Waals surface area contributed by atoms with Gasteiger partial charge in [0.05, 0.1) is 18.7 Å². The maximum Gasteiger partial charge on any atom is 0.175 e. The normalized spacial score (nSPS) is 10.2. The number of methoxy groups -OCH3 is 1. The number of nitrogens with zero attached hydrogens (tertiary/aromatic N) is 2. The predicted octanol–water partition coefficient (Wildman–Crippen LogP) is 3.59. The van der Waals surface area contributed by atoms with E-state index in [0.717, 1.165) is 22.1 Å². The summed E-state index contributed by atoms with van der Waals surface area (Å²) in [6.07, 6.45) is 0.293. The van der Waals surface area contributed by atoms with Crippen LogP contribution in [0.3, 0.4) is 0 Å². The van der Waals surface area contributed by atoms with Crippen LogP contribution in [0.25, 0.3) is 10.8 Å². The summed E-state index contributed by atoms with van der Waals surface area (Å²) in [6.45, 7) is 0. The highest BCUT2D eigenvalue weighted by Crippen LogP contribution is 2.35. The fourth-order valence-electron chi connectivity index (χ4n) is 2.82. The van der Waals surface area contributed by atoms with Crippen LogP contribution in [0.15, 0.2) is 42.5 Å². The van der Waals surface area contributed by atoms with Crippen LogP contribution in [0.4, 0.5) is 0 Å². The lowest BCUT2D eigenvalue weighted by Gasteiger charge is -2.11. The minimum Gasteiger partial charge on any atom is -0.504 e. The molecule has 0 fully saturated rings. The lowest BCUT2D eigenvalue weighted by Crippen LogP contribution is -1.98. The molecule has 3 rings (SSSR count). The number of phenolic OH excluding ortho intramolecular Hbond substituents is 2. The van der Waals surface area contributed by atoms with E-state index in [1.807, 2.05) is 48.5 Å². The van der Waals surface area contributed by atoms with Crippen molar-refractivity contribution in [1.29, 1.82) is 10.5 Å². The van der Waals surface area contributed by atoms with Gasteiger partial charge in [0, 0.05) is 12.5 Å². The third-order valence-corrected chi connectivity index (χ3v) is 4.11. The Labute approximate surface area is 144 Å². The summed E-state index contributed by atoms with van der Waals surface area (Å²) in [4.78, 5) is 0. The van der Waals surface area contributed by atoms with Gasteiger partial charge in [-0.1, -0.05) is 24.3 Å². The first kappa shape index (κ1) is 16.2. The molecule has 3 aromatic carbocycles. The van der Waals surface area contributed by atoms with Crippen LogP contribution in [0.5, 0.6) is 17.2 Å². The van der Waals surface area contributed by atoms with Gasteiger partial charge in [0.1, 0.15) is 17.4 Å². The molecule has 5 nitrogen and oxygen atoms in total. The topological polar surface area (TPSA) is 97.3 Å². The Bertz CT molecular complexity index is 1060. The van der Waals surface area contributed by atoms with Crippen LogP contribution >= 0.6 is 0 Å². The SMILES string of the molecule is COc1ccc2cc(Cc3c(C#N)cc(O)c(O)c3C#N)ccc2c1. The minimum absolute atomic E-state index is 0.0774. The van der Waals surface area contributed by atoms with Gasteiger partial charge in [-0.3, -0.25) is 0 Å². The van der Waals surface area contributed by atoms with Crippen molar-refractivity contribution in [3.63, 3.8) is 0 Å². The number of fused-ring (bicyclic) bond motifs is 1. The number of hydrogen-bond donors (Lipinski definition) is 2. The van der Waals surface area contributed by atoms with Crippen molar-refractivity contribution in [1.82, 2.24) is 0 Å². The molecule has 2 N–H and O–H groups in total. The third-order valence-electron chi connectivity index (χ3n) is 4.11. The molecule has 3 aromatic rings. The highest BCUT2D eigenvalue weighted by Gasteiger charge is 2.18. The maximum absolute atomic E-state index is 9.91.